The summed E-state index contributed by atoms with van der Waals surface area (Å²) in [5.41, 5.74) is 6.35. The molecule has 0 saturated carbocycles. The standard InChI is InChI=1S/C16H27N3O2/c1-16(2,12-19(3)4)11-18-15(20)9-10-21-14-7-5-13(17)6-8-14/h5-8H,9-12,17H2,1-4H3,(H,18,20). The molecule has 1 rings (SSSR count). The van der Waals surface area contributed by atoms with Crippen molar-refractivity contribution in [2.45, 2.75) is 20.3 Å². The van der Waals surface area contributed by atoms with E-state index in [0.29, 0.717) is 25.3 Å². The van der Waals surface area contributed by atoms with Crippen LogP contribution in [0.1, 0.15) is 20.3 Å². The average molecular weight is 293 g/mol. The summed E-state index contributed by atoms with van der Waals surface area (Å²) in [5, 5.41) is 2.96. The first-order valence-corrected chi connectivity index (χ1v) is 7.18. The van der Waals surface area contributed by atoms with E-state index in [1.54, 1.807) is 24.3 Å². The van der Waals surface area contributed by atoms with Gasteiger partial charge < -0.3 is 20.7 Å². The van der Waals surface area contributed by atoms with Gasteiger partial charge in [0.25, 0.3) is 0 Å². The Hall–Kier alpha value is -1.75. The van der Waals surface area contributed by atoms with Crippen LogP contribution in [0.5, 0.6) is 5.75 Å². The molecule has 0 spiro atoms. The number of rotatable bonds is 8. The number of carbonyl (C=O) groups is 1. The van der Waals surface area contributed by atoms with Crippen molar-refractivity contribution in [1.82, 2.24) is 10.2 Å². The number of nitrogens with one attached hydrogen (secondary N) is 1. The van der Waals surface area contributed by atoms with Gasteiger partial charge in [-0.2, -0.15) is 0 Å². The van der Waals surface area contributed by atoms with Gasteiger partial charge in [-0.1, -0.05) is 13.8 Å². The van der Waals surface area contributed by atoms with Gasteiger partial charge in [-0.15, -0.1) is 0 Å². The van der Waals surface area contributed by atoms with E-state index >= 15 is 0 Å². The number of anilines is 1. The third-order valence-electron chi connectivity index (χ3n) is 2.99. The Labute approximate surface area is 127 Å². The van der Waals surface area contributed by atoms with Gasteiger partial charge in [-0.3, -0.25) is 4.79 Å². The fraction of sp³-hybridized carbons (Fsp3) is 0.562. The van der Waals surface area contributed by atoms with Crippen LogP contribution in [0.25, 0.3) is 0 Å². The summed E-state index contributed by atoms with van der Waals surface area (Å²) in [6.07, 6.45) is 0.350. The Kier molecular flexibility index (Phi) is 6.49. The van der Waals surface area contributed by atoms with Gasteiger partial charge in [-0.25, -0.2) is 0 Å². The van der Waals surface area contributed by atoms with Crippen LogP contribution in [0, 0.1) is 5.41 Å². The lowest BCUT2D eigenvalue weighted by Gasteiger charge is -2.28. The van der Waals surface area contributed by atoms with Crippen LogP contribution in [0.4, 0.5) is 5.69 Å². The van der Waals surface area contributed by atoms with Crippen LogP contribution in [-0.4, -0.2) is 44.6 Å². The summed E-state index contributed by atoms with van der Waals surface area (Å²) in [5.74, 6) is 0.738. The fourth-order valence-corrected chi connectivity index (χ4v) is 2.16. The Morgan fingerprint density at radius 1 is 1.29 bits per heavy atom. The molecule has 0 aliphatic carbocycles. The van der Waals surface area contributed by atoms with Gasteiger partial charge in [0.05, 0.1) is 13.0 Å². The predicted octanol–water partition coefficient (Wildman–Crippen LogP) is 1.74. The third-order valence-corrected chi connectivity index (χ3v) is 2.99. The fourth-order valence-electron chi connectivity index (χ4n) is 2.16. The smallest absolute Gasteiger partial charge is 0.223 e. The molecule has 3 N–H and O–H groups in total. The molecule has 0 unspecified atom stereocenters. The minimum absolute atomic E-state index is 0.0114. The van der Waals surface area contributed by atoms with Crippen LogP contribution in [-0.2, 0) is 4.79 Å². The number of benzene rings is 1. The van der Waals surface area contributed by atoms with Crippen LogP contribution in [0.3, 0.4) is 0 Å². The zero-order valence-electron chi connectivity index (χ0n) is 13.5. The number of nitrogens with two attached hydrogens (primary N) is 1. The Balaban J connectivity index is 2.23. The largest absolute Gasteiger partial charge is 0.493 e. The molecular weight excluding hydrogens is 266 g/mol. The normalized spacial score (nSPS) is 11.5. The zero-order valence-corrected chi connectivity index (χ0v) is 13.5. The van der Waals surface area contributed by atoms with Crippen molar-refractivity contribution in [3.8, 4) is 5.75 Å². The van der Waals surface area contributed by atoms with E-state index in [9.17, 15) is 4.79 Å². The lowest BCUT2D eigenvalue weighted by Crippen LogP contribution is -2.40. The van der Waals surface area contributed by atoms with Crippen molar-refractivity contribution in [2.75, 3.05) is 39.5 Å². The highest BCUT2D eigenvalue weighted by molar-refractivity contribution is 5.76. The van der Waals surface area contributed by atoms with E-state index < -0.39 is 0 Å². The molecule has 1 aromatic rings. The van der Waals surface area contributed by atoms with E-state index in [0.717, 1.165) is 12.3 Å². The lowest BCUT2D eigenvalue weighted by molar-refractivity contribution is -0.122. The van der Waals surface area contributed by atoms with Crippen molar-refractivity contribution >= 4 is 11.6 Å². The second-order valence-electron chi connectivity index (χ2n) is 6.35. The number of nitrogen functional groups attached to an aromatic ring is 1. The number of ether oxygens (including phenoxy) is 1. The number of carbonyl (C=O) groups excluding carboxylic acids is 1. The molecule has 0 heterocycles. The maximum atomic E-state index is 11.8. The summed E-state index contributed by atoms with van der Waals surface area (Å²) in [7, 11) is 4.06. The third kappa shape index (κ3) is 7.56. The molecule has 0 fully saturated rings. The van der Waals surface area contributed by atoms with E-state index in [-0.39, 0.29) is 11.3 Å². The van der Waals surface area contributed by atoms with E-state index in [4.69, 9.17) is 10.5 Å². The molecule has 1 aromatic carbocycles. The number of nitrogens with zero attached hydrogens (tertiary/aromatic N) is 1. The van der Waals surface area contributed by atoms with Crippen molar-refractivity contribution in [3.05, 3.63) is 24.3 Å². The second kappa shape index (κ2) is 7.88. The first-order valence-electron chi connectivity index (χ1n) is 7.18. The van der Waals surface area contributed by atoms with E-state index in [2.05, 4.69) is 24.1 Å². The molecule has 0 bridgehead atoms. The Morgan fingerprint density at radius 3 is 2.48 bits per heavy atom. The molecule has 0 saturated heterocycles. The van der Waals surface area contributed by atoms with Gasteiger partial charge >= 0.3 is 0 Å². The van der Waals surface area contributed by atoms with Gasteiger partial charge in [0.2, 0.25) is 5.91 Å². The first kappa shape index (κ1) is 17.3. The summed E-state index contributed by atoms with van der Waals surface area (Å²) >= 11 is 0. The first-order chi connectivity index (χ1) is 9.78. The van der Waals surface area contributed by atoms with Gasteiger partial charge in [0.15, 0.2) is 0 Å². The van der Waals surface area contributed by atoms with Crippen molar-refractivity contribution in [3.63, 3.8) is 0 Å². The SMILES string of the molecule is CN(C)CC(C)(C)CNC(=O)CCOc1ccc(N)cc1. The molecule has 5 heteroatoms. The van der Waals surface area contributed by atoms with Crippen LogP contribution in [0.2, 0.25) is 0 Å². The van der Waals surface area contributed by atoms with Crippen LogP contribution in [0.15, 0.2) is 24.3 Å². The van der Waals surface area contributed by atoms with E-state index in [1.807, 2.05) is 14.1 Å². The molecular formula is C16H27N3O2. The highest BCUT2D eigenvalue weighted by Crippen LogP contribution is 2.15. The Morgan fingerprint density at radius 2 is 1.90 bits per heavy atom. The molecule has 0 aromatic heterocycles. The highest BCUT2D eigenvalue weighted by Gasteiger charge is 2.19. The lowest BCUT2D eigenvalue weighted by atomic mass is 9.93. The number of hydrogen-bond donors (Lipinski definition) is 2. The summed E-state index contributed by atoms with van der Waals surface area (Å²) in [6.45, 7) is 6.22. The topological polar surface area (TPSA) is 67.6 Å². The quantitative estimate of drug-likeness (QED) is 0.717. The summed E-state index contributed by atoms with van der Waals surface area (Å²) < 4.78 is 5.50. The van der Waals surface area contributed by atoms with E-state index in [1.165, 1.54) is 0 Å². The van der Waals surface area contributed by atoms with Crippen molar-refractivity contribution in [2.24, 2.45) is 5.41 Å². The molecule has 0 atom stereocenters. The Bertz CT molecular complexity index is 441. The highest BCUT2D eigenvalue weighted by atomic mass is 16.5. The van der Waals surface area contributed by atoms with Gasteiger partial charge in [0.1, 0.15) is 5.75 Å². The van der Waals surface area contributed by atoms with Crippen LogP contribution < -0.4 is 15.8 Å². The molecule has 5 nitrogen and oxygen atoms in total. The second-order valence-corrected chi connectivity index (χ2v) is 6.35. The molecule has 1 amide bonds. The molecule has 0 aliphatic rings. The number of amides is 1. The maximum Gasteiger partial charge on any atom is 0.223 e. The predicted molar refractivity (Wildman–Crippen MR) is 86.3 cm³/mol. The molecule has 0 aliphatic heterocycles. The summed E-state index contributed by atoms with van der Waals surface area (Å²) in [6, 6.07) is 7.15. The van der Waals surface area contributed by atoms with Crippen molar-refractivity contribution < 1.29 is 9.53 Å². The number of hydrogen-bond acceptors (Lipinski definition) is 4. The zero-order chi connectivity index (χ0) is 15.9. The average Bonchev–Trinajstić information content (AvgIpc) is 2.37. The summed E-state index contributed by atoms with van der Waals surface area (Å²) in [4.78, 5) is 13.9. The maximum absolute atomic E-state index is 11.8. The van der Waals surface area contributed by atoms with Crippen molar-refractivity contribution in [1.29, 1.82) is 0 Å². The molecule has 118 valence electrons. The van der Waals surface area contributed by atoms with Gasteiger partial charge in [-0.05, 0) is 43.8 Å². The molecule has 0 radical (unpaired) electrons. The minimum Gasteiger partial charge on any atom is -0.493 e. The van der Waals surface area contributed by atoms with Crippen LogP contribution >= 0.6 is 0 Å². The minimum atomic E-state index is 0.0114. The molecule has 21 heavy (non-hydrogen) atoms. The van der Waals surface area contributed by atoms with Gasteiger partial charge in [0, 0.05) is 18.8 Å². The monoisotopic (exact) mass is 293 g/mol.